The Kier molecular flexibility index (Phi) is 4.49. The summed E-state index contributed by atoms with van der Waals surface area (Å²) in [4.78, 5) is 3.47. The Morgan fingerprint density at radius 3 is 2.28 bits per heavy atom. The fraction of sp³-hybridized carbons (Fsp3) is 0.200. The second-order valence-corrected chi connectivity index (χ2v) is 5.51. The van der Waals surface area contributed by atoms with E-state index >= 15 is 0 Å². The van der Waals surface area contributed by atoms with Crippen molar-refractivity contribution in [2.45, 2.75) is 9.97 Å². The molecule has 0 aliphatic carbocycles. The van der Waals surface area contributed by atoms with Gasteiger partial charge in [-0.2, -0.15) is 18.4 Å². The third-order valence-corrected chi connectivity index (χ3v) is 2.07. The minimum atomic E-state index is -4.65. The first kappa shape index (κ1) is 15.1. The van der Waals surface area contributed by atoms with E-state index in [1.54, 1.807) is 6.07 Å². The fourth-order valence-electron chi connectivity index (χ4n) is 1.09. The SMILES string of the molecule is N#Cc1ccc(N=CC(Cl)(Cl)Cl)c(C(F)(F)F)c1. The lowest BCUT2D eigenvalue weighted by Crippen LogP contribution is -2.07. The summed E-state index contributed by atoms with van der Waals surface area (Å²) in [7, 11) is 0. The van der Waals surface area contributed by atoms with Gasteiger partial charge in [-0.1, -0.05) is 34.8 Å². The van der Waals surface area contributed by atoms with E-state index in [1.165, 1.54) is 6.07 Å². The summed E-state index contributed by atoms with van der Waals surface area (Å²) < 4.78 is 36.2. The van der Waals surface area contributed by atoms with E-state index in [9.17, 15) is 13.2 Å². The van der Waals surface area contributed by atoms with Gasteiger partial charge in [0.25, 0.3) is 0 Å². The normalized spacial score (nSPS) is 12.7. The van der Waals surface area contributed by atoms with Crippen LogP contribution in [-0.4, -0.2) is 10.0 Å². The topological polar surface area (TPSA) is 36.1 Å². The van der Waals surface area contributed by atoms with Crippen molar-refractivity contribution in [2.75, 3.05) is 0 Å². The summed E-state index contributed by atoms with van der Waals surface area (Å²) in [6.07, 6.45) is -3.89. The average molecular weight is 316 g/mol. The van der Waals surface area contributed by atoms with Crippen LogP contribution in [0.3, 0.4) is 0 Å². The van der Waals surface area contributed by atoms with Crippen LogP contribution in [0, 0.1) is 11.3 Å². The average Bonchev–Trinajstić information content (AvgIpc) is 2.24. The molecule has 1 aromatic carbocycles. The molecule has 0 aliphatic rings. The molecule has 96 valence electrons. The molecule has 0 aromatic heterocycles. The summed E-state index contributed by atoms with van der Waals surface area (Å²) >= 11 is 16.1. The van der Waals surface area contributed by atoms with Crippen molar-refractivity contribution in [3.63, 3.8) is 0 Å². The van der Waals surface area contributed by atoms with E-state index in [-0.39, 0.29) is 5.56 Å². The number of halogens is 6. The Morgan fingerprint density at radius 2 is 1.83 bits per heavy atom. The van der Waals surface area contributed by atoms with Gasteiger partial charge < -0.3 is 0 Å². The Hall–Kier alpha value is -0.960. The number of benzene rings is 1. The molecule has 1 aromatic rings. The van der Waals surface area contributed by atoms with Crippen LogP contribution in [0.4, 0.5) is 18.9 Å². The van der Waals surface area contributed by atoms with Crippen molar-refractivity contribution >= 4 is 46.7 Å². The molecule has 0 fully saturated rings. The first-order chi connectivity index (χ1) is 8.13. The van der Waals surface area contributed by atoms with E-state index in [0.29, 0.717) is 6.07 Å². The second kappa shape index (κ2) is 5.35. The van der Waals surface area contributed by atoms with Gasteiger partial charge >= 0.3 is 6.18 Å². The molecule has 0 radical (unpaired) electrons. The van der Waals surface area contributed by atoms with Gasteiger partial charge in [0, 0.05) is 0 Å². The monoisotopic (exact) mass is 314 g/mol. The molecule has 0 aliphatic heterocycles. The van der Waals surface area contributed by atoms with E-state index in [0.717, 1.165) is 12.3 Å². The fourth-order valence-corrected chi connectivity index (χ4v) is 1.23. The van der Waals surface area contributed by atoms with E-state index < -0.39 is 21.2 Å². The van der Waals surface area contributed by atoms with Crippen molar-refractivity contribution in [1.29, 1.82) is 5.26 Å². The van der Waals surface area contributed by atoms with Crippen LogP contribution in [0.2, 0.25) is 0 Å². The number of nitrogens with zero attached hydrogens (tertiary/aromatic N) is 2. The molecular weight excluding hydrogens is 311 g/mol. The Morgan fingerprint density at radius 1 is 1.22 bits per heavy atom. The minimum Gasteiger partial charge on any atom is -0.256 e. The zero-order valence-electron chi connectivity index (χ0n) is 8.47. The summed E-state index contributed by atoms with van der Waals surface area (Å²) in [5, 5.41) is 8.56. The van der Waals surface area contributed by atoms with E-state index in [1.807, 2.05) is 0 Å². The Balaban J connectivity index is 3.29. The van der Waals surface area contributed by atoms with Gasteiger partial charge in [0.15, 0.2) is 0 Å². The number of rotatable bonds is 1. The van der Waals surface area contributed by atoms with Gasteiger partial charge in [-0.05, 0) is 18.2 Å². The summed E-state index contributed by atoms with van der Waals surface area (Å²) in [5.74, 6) is 0. The molecule has 0 bridgehead atoms. The molecule has 0 amide bonds. The summed E-state index contributed by atoms with van der Waals surface area (Å²) in [6, 6.07) is 4.53. The quantitative estimate of drug-likeness (QED) is 0.549. The Bertz CT molecular complexity index is 513. The zero-order chi connectivity index (χ0) is 14.0. The van der Waals surface area contributed by atoms with Crippen LogP contribution in [-0.2, 0) is 6.18 Å². The van der Waals surface area contributed by atoms with Crippen molar-refractivity contribution in [1.82, 2.24) is 0 Å². The van der Waals surface area contributed by atoms with Crippen LogP contribution >= 0.6 is 34.8 Å². The van der Waals surface area contributed by atoms with Crippen molar-refractivity contribution < 1.29 is 13.2 Å². The molecular formula is C10H4Cl3F3N2. The highest BCUT2D eigenvalue weighted by atomic mass is 35.6. The minimum absolute atomic E-state index is 0.129. The van der Waals surface area contributed by atoms with Crippen molar-refractivity contribution in [2.24, 2.45) is 4.99 Å². The predicted octanol–water partition coefficient (Wildman–Crippen LogP) is 4.65. The standard InChI is InChI=1S/C10H4Cl3F3N2/c11-9(12,13)5-18-8-2-1-6(4-17)3-7(8)10(14,15)16/h1-3,5H. The van der Waals surface area contributed by atoms with Crippen LogP contribution in [0.5, 0.6) is 0 Å². The maximum atomic E-state index is 12.7. The third-order valence-electron chi connectivity index (χ3n) is 1.78. The molecule has 2 nitrogen and oxygen atoms in total. The molecule has 0 spiro atoms. The van der Waals surface area contributed by atoms with Crippen molar-refractivity contribution in [3.05, 3.63) is 29.3 Å². The van der Waals surface area contributed by atoms with Crippen LogP contribution in [0.15, 0.2) is 23.2 Å². The number of aliphatic imine (C=N–C) groups is 1. The maximum Gasteiger partial charge on any atom is 0.418 e. The molecule has 0 heterocycles. The van der Waals surface area contributed by atoms with Gasteiger partial charge in [-0.15, -0.1) is 0 Å². The van der Waals surface area contributed by atoms with E-state index in [2.05, 4.69) is 4.99 Å². The Labute approximate surface area is 116 Å². The molecule has 0 saturated heterocycles. The van der Waals surface area contributed by atoms with Gasteiger partial charge in [0.05, 0.1) is 29.1 Å². The summed E-state index contributed by atoms with van der Waals surface area (Å²) in [5.41, 5.74) is -1.62. The highest BCUT2D eigenvalue weighted by Crippen LogP contribution is 2.37. The molecule has 0 unspecified atom stereocenters. The first-order valence-electron chi connectivity index (χ1n) is 4.37. The molecule has 0 atom stereocenters. The highest BCUT2D eigenvalue weighted by molar-refractivity contribution is 6.74. The van der Waals surface area contributed by atoms with Crippen molar-refractivity contribution in [3.8, 4) is 6.07 Å². The largest absolute Gasteiger partial charge is 0.418 e. The zero-order valence-corrected chi connectivity index (χ0v) is 10.7. The van der Waals surface area contributed by atoms with Gasteiger partial charge in [0.1, 0.15) is 0 Å². The van der Waals surface area contributed by atoms with Gasteiger partial charge in [-0.25, -0.2) is 0 Å². The van der Waals surface area contributed by atoms with Crippen LogP contribution < -0.4 is 0 Å². The maximum absolute atomic E-state index is 12.7. The predicted molar refractivity (Wildman–Crippen MR) is 64.6 cm³/mol. The third kappa shape index (κ3) is 4.37. The van der Waals surface area contributed by atoms with Gasteiger partial charge in [-0.3, -0.25) is 4.99 Å². The molecule has 0 saturated carbocycles. The molecule has 8 heteroatoms. The van der Waals surface area contributed by atoms with E-state index in [4.69, 9.17) is 40.1 Å². The number of hydrogen-bond acceptors (Lipinski definition) is 2. The first-order valence-corrected chi connectivity index (χ1v) is 5.50. The lowest BCUT2D eigenvalue weighted by Gasteiger charge is -2.10. The van der Waals surface area contributed by atoms with Gasteiger partial charge in [0.2, 0.25) is 3.79 Å². The van der Waals surface area contributed by atoms with Crippen LogP contribution in [0.1, 0.15) is 11.1 Å². The molecule has 0 N–H and O–H groups in total. The number of hydrogen-bond donors (Lipinski definition) is 0. The van der Waals surface area contributed by atoms with Crippen LogP contribution in [0.25, 0.3) is 0 Å². The lowest BCUT2D eigenvalue weighted by molar-refractivity contribution is -0.137. The number of alkyl halides is 6. The molecule has 18 heavy (non-hydrogen) atoms. The molecule has 1 rings (SSSR count). The second-order valence-electron chi connectivity index (χ2n) is 3.14. The smallest absolute Gasteiger partial charge is 0.256 e. The summed E-state index contributed by atoms with van der Waals surface area (Å²) in [6.45, 7) is 0. The number of nitriles is 1. The lowest BCUT2D eigenvalue weighted by atomic mass is 10.1. The highest BCUT2D eigenvalue weighted by Gasteiger charge is 2.34.